The van der Waals surface area contributed by atoms with Crippen molar-refractivity contribution in [3.8, 4) is 0 Å². The molecule has 0 spiro atoms. The third kappa shape index (κ3) is 3.73. The lowest BCUT2D eigenvalue weighted by Crippen LogP contribution is -2.48. The van der Waals surface area contributed by atoms with E-state index in [1.54, 1.807) is 30.5 Å². The second-order valence-electron chi connectivity index (χ2n) is 7.30. The smallest absolute Gasteiger partial charge is 0.329 e. The zero-order valence-corrected chi connectivity index (χ0v) is 16.6. The summed E-state index contributed by atoms with van der Waals surface area (Å²) in [7, 11) is 0. The number of benzene rings is 2. The number of carbonyl (C=O) groups is 2. The molecule has 0 saturated heterocycles. The van der Waals surface area contributed by atoms with E-state index in [-0.39, 0.29) is 11.8 Å². The molecule has 4 rings (SSSR count). The molecule has 0 aliphatic rings. The number of aliphatic carboxylic acids is 1. The molecule has 4 N–H and O–H groups in total. The lowest BCUT2D eigenvalue weighted by molar-refractivity contribution is -0.141. The minimum Gasteiger partial charge on any atom is -0.480 e. The second kappa shape index (κ2) is 7.94. The standard InChI is InChI=1S/C22H20N4O5/c1-12(21(29)30)24-19(27)18(10-13-11-23-16-8-4-2-6-14(13)16)26-20(28)15-7-3-5-9-17(15)25-22(26)31/h2-9,11-12,18,23H,10H2,1H3,(H,24,27)(H,25,31)(H,29,30). The van der Waals surface area contributed by atoms with Crippen LogP contribution in [0.25, 0.3) is 21.8 Å². The van der Waals surface area contributed by atoms with Gasteiger partial charge in [0.05, 0.1) is 10.9 Å². The maximum Gasteiger partial charge on any atom is 0.329 e. The van der Waals surface area contributed by atoms with Crippen molar-refractivity contribution >= 4 is 33.7 Å². The van der Waals surface area contributed by atoms with Crippen LogP contribution in [-0.4, -0.2) is 37.6 Å². The van der Waals surface area contributed by atoms with Crippen LogP contribution >= 0.6 is 0 Å². The fourth-order valence-corrected chi connectivity index (χ4v) is 3.64. The van der Waals surface area contributed by atoms with E-state index in [1.807, 2.05) is 24.3 Å². The van der Waals surface area contributed by atoms with Gasteiger partial charge in [0.25, 0.3) is 5.56 Å². The zero-order chi connectivity index (χ0) is 22.1. The van der Waals surface area contributed by atoms with Gasteiger partial charge >= 0.3 is 11.7 Å². The van der Waals surface area contributed by atoms with Gasteiger partial charge in [-0.1, -0.05) is 30.3 Å². The Morgan fingerprint density at radius 1 is 1.03 bits per heavy atom. The first-order valence-corrected chi connectivity index (χ1v) is 9.68. The van der Waals surface area contributed by atoms with Crippen molar-refractivity contribution in [1.82, 2.24) is 19.9 Å². The van der Waals surface area contributed by atoms with Crippen LogP contribution in [0.4, 0.5) is 0 Å². The van der Waals surface area contributed by atoms with Crippen LogP contribution in [-0.2, 0) is 16.0 Å². The highest BCUT2D eigenvalue weighted by atomic mass is 16.4. The largest absolute Gasteiger partial charge is 0.480 e. The average molecular weight is 420 g/mol. The van der Waals surface area contributed by atoms with Crippen molar-refractivity contribution in [3.05, 3.63) is 81.1 Å². The fourth-order valence-electron chi connectivity index (χ4n) is 3.64. The number of carboxylic acids is 1. The highest BCUT2D eigenvalue weighted by Crippen LogP contribution is 2.22. The van der Waals surface area contributed by atoms with Crippen molar-refractivity contribution in [2.75, 3.05) is 0 Å². The van der Waals surface area contributed by atoms with Crippen LogP contribution in [0.1, 0.15) is 18.5 Å². The number of nitrogens with one attached hydrogen (secondary N) is 3. The third-order valence-corrected chi connectivity index (χ3v) is 5.27. The van der Waals surface area contributed by atoms with Crippen molar-refractivity contribution < 1.29 is 14.7 Å². The van der Waals surface area contributed by atoms with Crippen LogP contribution < -0.4 is 16.6 Å². The van der Waals surface area contributed by atoms with E-state index < -0.39 is 35.2 Å². The van der Waals surface area contributed by atoms with Crippen LogP contribution in [0.5, 0.6) is 0 Å². The third-order valence-electron chi connectivity index (χ3n) is 5.27. The summed E-state index contributed by atoms with van der Waals surface area (Å²) in [6.07, 6.45) is 1.73. The summed E-state index contributed by atoms with van der Waals surface area (Å²) in [6, 6.07) is 11.5. The van der Waals surface area contributed by atoms with Gasteiger partial charge < -0.3 is 20.4 Å². The van der Waals surface area contributed by atoms with Gasteiger partial charge in [0.1, 0.15) is 12.1 Å². The fraction of sp³-hybridized carbons (Fsp3) is 0.182. The van der Waals surface area contributed by atoms with Gasteiger partial charge in [-0.15, -0.1) is 0 Å². The van der Waals surface area contributed by atoms with E-state index >= 15 is 0 Å². The summed E-state index contributed by atoms with van der Waals surface area (Å²) in [5, 5.41) is 12.7. The van der Waals surface area contributed by atoms with Crippen molar-refractivity contribution in [2.24, 2.45) is 0 Å². The minimum atomic E-state index is -1.25. The number of carboxylic acid groups (broad SMARTS) is 1. The molecule has 0 fully saturated rings. The number of carbonyl (C=O) groups excluding carboxylic acids is 1. The Morgan fingerprint density at radius 3 is 2.39 bits per heavy atom. The Bertz CT molecular complexity index is 1410. The SMILES string of the molecule is CC(NC(=O)C(Cc1c[nH]c2ccccc12)n1c(=O)[nH]c2ccccc2c1=O)C(=O)O. The normalized spacial score (nSPS) is 13.2. The molecule has 4 aromatic rings. The first-order valence-electron chi connectivity index (χ1n) is 9.68. The molecule has 9 heteroatoms. The molecule has 2 atom stereocenters. The molecule has 2 heterocycles. The van der Waals surface area contributed by atoms with E-state index in [2.05, 4.69) is 15.3 Å². The Labute approximate surface area is 175 Å². The van der Waals surface area contributed by atoms with Crippen molar-refractivity contribution in [2.45, 2.75) is 25.4 Å². The molecular weight excluding hydrogens is 400 g/mol. The predicted molar refractivity (Wildman–Crippen MR) is 115 cm³/mol. The Morgan fingerprint density at radius 2 is 1.68 bits per heavy atom. The van der Waals surface area contributed by atoms with Gasteiger partial charge in [0.15, 0.2) is 0 Å². The van der Waals surface area contributed by atoms with Gasteiger partial charge in [-0.3, -0.25) is 14.4 Å². The lowest BCUT2D eigenvalue weighted by Gasteiger charge is -2.20. The van der Waals surface area contributed by atoms with Crippen LogP contribution in [0.2, 0.25) is 0 Å². The maximum atomic E-state index is 13.1. The summed E-state index contributed by atoms with van der Waals surface area (Å²) in [5.41, 5.74) is 0.557. The number of nitrogens with zero attached hydrogens (tertiary/aromatic N) is 1. The number of aromatic nitrogens is 3. The number of hydrogen-bond donors (Lipinski definition) is 4. The van der Waals surface area contributed by atoms with E-state index in [9.17, 15) is 24.3 Å². The number of para-hydroxylation sites is 2. The molecule has 0 aliphatic heterocycles. The molecule has 0 saturated carbocycles. The summed E-state index contributed by atoms with van der Waals surface area (Å²) in [5.74, 6) is -1.96. The van der Waals surface area contributed by atoms with Crippen LogP contribution in [0.15, 0.2) is 64.3 Å². The average Bonchev–Trinajstić information content (AvgIpc) is 3.15. The number of aromatic amines is 2. The highest BCUT2D eigenvalue weighted by Gasteiger charge is 2.28. The number of hydrogen-bond acceptors (Lipinski definition) is 4. The first-order chi connectivity index (χ1) is 14.9. The van der Waals surface area contributed by atoms with Gasteiger partial charge in [0, 0.05) is 23.5 Å². The molecule has 31 heavy (non-hydrogen) atoms. The Kier molecular flexibility index (Phi) is 5.16. The molecule has 0 aliphatic carbocycles. The Hall–Kier alpha value is -4.14. The minimum absolute atomic E-state index is 0.0174. The molecule has 158 valence electrons. The molecule has 0 bridgehead atoms. The number of rotatable bonds is 6. The maximum absolute atomic E-state index is 13.1. The molecule has 2 aromatic heterocycles. The highest BCUT2D eigenvalue weighted by molar-refractivity contribution is 5.88. The summed E-state index contributed by atoms with van der Waals surface area (Å²) < 4.78 is 0.855. The topological polar surface area (TPSA) is 137 Å². The molecule has 9 nitrogen and oxygen atoms in total. The molecular formula is C22H20N4O5. The Balaban J connectivity index is 1.86. The number of fused-ring (bicyclic) bond motifs is 2. The first kappa shape index (κ1) is 20.1. The number of H-pyrrole nitrogens is 2. The van der Waals surface area contributed by atoms with Gasteiger partial charge in [-0.2, -0.15) is 0 Å². The molecule has 2 aromatic carbocycles. The van der Waals surface area contributed by atoms with Gasteiger partial charge in [-0.25, -0.2) is 9.36 Å². The predicted octanol–water partition coefficient (Wildman–Crippen LogP) is 1.54. The van der Waals surface area contributed by atoms with Gasteiger partial charge in [-0.05, 0) is 30.7 Å². The number of amides is 1. The second-order valence-corrected chi connectivity index (χ2v) is 7.30. The van der Waals surface area contributed by atoms with E-state index in [1.165, 1.54) is 6.92 Å². The van der Waals surface area contributed by atoms with Crippen molar-refractivity contribution in [1.29, 1.82) is 0 Å². The summed E-state index contributed by atoms with van der Waals surface area (Å²) in [4.78, 5) is 56.0. The molecule has 0 radical (unpaired) electrons. The van der Waals surface area contributed by atoms with Crippen LogP contribution in [0.3, 0.4) is 0 Å². The van der Waals surface area contributed by atoms with Crippen LogP contribution in [0, 0.1) is 0 Å². The van der Waals surface area contributed by atoms with Gasteiger partial charge in [0.2, 0.25) is 5.91 Å². The zero-order valence-electron chi connectivity index (χ0n) is 16.6. The molecule has 2 unspecified atom stereocenters. The molecule has 1 amide bonds. The van der Waals surface area contributed by atoms with E-state index in [0.29, 0.717) is 5.52 Å². The van der Waals surface area contributed by atoms with E-state index in [4.69, 9.17) is 0 Å². The van der Waals surface area contributed by atoms with Crippen molar-refractivity contribution in [3.63, 3.8) is 0 Å². The lowest BCUT2D eigenvalue weighted by atomic mass is 10.0. The summed E-state index contributed by atoms with van der Waals surface area (Å²) in [6.45, 7) is 1.32. The summed E-state index contributed by atoms with van der Waals surface area (Å²) >= 11 is 0. The van der Waals surface area contributed by atoms with E-state index in [0.717, 1.165) is 21.0 Å². The monoisotopic (exact) mass is 420 g/mol. The quantitative estimate of drug-likeness (QED) is 0.375.